The van der Waals surface area contributed by atoms with Gasteiger partial charge in [0, 0.05) is 11.3 Å². The van der Waals surface area contributed by atoms with E-state index in [1.54, 1.807) is 16.7 Å². The first-order valence-electron chi connectivity index (χ1n) is 9.94. The second kappa shape index (κ2) is 8.46. The maximum atomic E-state index is 5.25. The van der Waals surface area contributed by atoms with Gasteiger partial charge in [0.2, 0.25) is 0 Å². The van der Waals surface area contributed by atoms with Crippen LogP contribution in [-0.4, -0.2) is 4.98 Å². The van der Waals surface area contributed by atoms with E-state index in [-0.39, 0.29) is 0 Å². The Morgan fingerprint density at radius 2 is 1.50 bits per heavy atom. The average Bonchev–Trinajstić information content (AvgIpc) is 2.65. The predicted molar refractivity (Wildman–Crippen MR) is 104 cm³/mol. The third-order valence-corrected chi connectivity index (χ3v) is 5.31. The van der Waals surface area contributed by atoms with Crippen LogP contribution in [0.1, 0.15) is 74.8 Å². The largest absolute Gasteiger partial charge is 0.252 e. The highest BCUT2D eigenvalue weighted by molar-refractivity contribution is 5.66. The summed E-state index contributed by atoms with van der Waals surface area (Å²) in [6, 6.07) is 10.9. The zero-order chi connectivity index (χ0) is 16.8. The molecule has 0 atom stereocenters. The Bertz CT molecular complexity index is 657. The zero-order valence-electron chi connectivity index (χ0n) is 15.4. The molecule has 1 heterocycles. The van der Waals surface area contributed by atoms with Crippen LogP contribution in [0.15, 0.2) is 30.3 Å². The van der Waals surface area contributed by atoms with E-state index < -0.39 is 0 Å². The highest BCUT2D eigenvalue weighted by Crippen LogP contribution is 2.34. The summed E-state index contributed by atoms with van der Waals surface area (Å²) in [5.41, 5.74) is 8.80. The van der Waals surface area contributed by atoms with E-state index in [2.05, 4.69) is 44.2 Å². The summed E-state index contributed by atoms with van der Waals surface area (Å²) in [4.78, 5) is 5.25. The Morgan fingerprint density at radius 1 is 0.833 bits per heavy atom. The Hall–Kier alpha value is -1.63. The van der Waals surface area contributed by atoms with Gasteiger partial charge in [-0.15, -0.1) is 0 Å². The number of aromatic nitrogens is 1. The van der Waals surface area contributed by atoms with Crippen LogP contribution in [-0.2, 0) is 25.7 Å². The molecule has 1 aromatic heterocycles. The summed E-state index contributed by atoms with van der Waals surface area (Å²) in [6.45, 7) is 4.57. The van der Waals surface area contributed by atoms with E-state index in [0.717, 1.165) is 6.42 Å². The molecule has 0 saturated carbocycles. The first-order chi connectivity index (χ1) is 11.8. The maximum Gasteiger partial charge on any atom is 0.0740 e. The second-order valence-corrected chi connectivity index (χ2v) is 7.12. The average molecular weight is 322 g/mol. The lowest BCUT2D eigenvalue weighted by Crippen LogP contribution is -2.14. The molecule has 1 heteroatoms. The number of hydrogen-bond donors (Lipinski definition) is 0. The monoisotopic (exact) mass is 321 g/mol. The Kier molecular flexibility index (Phi) is 6.07. The molecular formula is C23H31N. The van der Waals surface area contributed by atoms with Gasteiger partial charge >= 0.3 is 0 Å². The lowest BCUT2D eigenvalue weighted by atomic mass is 9.83. The first kappa shape index (κ1) is 17.2. The third kappa shape index (κ3) is 3.71. The van der Waals surface area contributed by atoms with Gasteiger partial charge in [0.05, 0.1) is 5.69 Å². The van der Waals surface area contributed by atoms with Crippen molar-refractivity contribution in [3.8, 4) is 11.3 Å². The van der Waals surface area contributed by atoms with Crippen LogP contribution in [0.4, 0.5) is 0 Å². The second-order valence-electron chi connectivity index (χ2n) is 7.12. The molecule has 0 aliphatic heterocycles. The number of fused-ring (bicyclic) bond motifs is 1. The van der Waals surface area contributed by atoms with Crippen molar-refractivity contribution < 1.29 is 0 Å². The van der Waals surface area contributed by atoms with E-state index in [1.807, 2.05) is 0 Å². The molecule has 1 aromatic carbocycles. The van der Waals surface area contributed by atoms with Crippen molar-refractivity contribution in [3.05, 3.63) is 52.7 Å². The van der Waals surface area contributed by atoms with Crippen LogP contribution >= 0.6 is 0 Å². The molecule has 1 nitrogen and oxygen atoms in total. The fourth-order valence-corrected chi connectivity index (χ4v) is 3.98. The Morgan fingerprint density at radius 3 is 2.21 bits per heavy atom. The number of pyridine rings is 1. The number of benzene rings is 1. The number of nitrogens with zero attached hydrogens (tertiary/aromatic N) is 1. The van der Waals surface area contributed by atoms with E-state index in [9.17, 15) is 0 Å². The Balaban J connectivity index is 2.13. The van der Waals surface area contributed by atoms with Crippen molar-refractivity contribution in [1.29, 1.82) is 0 Å². The number of hydrogen-bond acceptors (Lipinski definition) is 1. The minimum absolute atomic E-state index is 1.15. The van der Waals surface area contributed by atoms with Gasteiger partial charge in [0.15, 0.2) is 0 Å². The molecule has 0 bridgehead atoms. The molecule has 24 heavy (non-hydrogen) atoms. The minimum atomic E-state index is 1.15. The van der Waals surface area contributed by atoms with Gasteiger partial charge in [0.25, 0.3) is 0 Å². The zero-order valence-corrected chi connectivity index (χ0v) is 15.4. The summed E-state index contributed by atoms with van der Waals surface area (Å²) in [5.74, 6) is 0. The SMILES string of the molecule is CCCCc1nc(-c2ccccc2)c(CCCC)c2c1CCCC2. The molecule has 0 radical (unpaired) electrons. The van der Waals surface area contributed by atoms with Crippen molar-refractivity contribution in [3.63, 3.8) is 0 Å². The summed E-state index contributed by atoms with van der Waals surface area (Å²) in [7, 11) is 0. The molecule has 0 amide bonds. The lowest BCUT2D eigenvalue weighted by Gasteiger charge is -2.25. The standard InChI is InChI=1S/C23H31N/c1-3-5-14-21-19-15-10-11-16-20(19)22(17-6-4-2)24-23(21)18-12-8-7-9-13-18/h7-9,12-13H,3-6,10-11,14-17H2,1-2H3. The van der Waals surface area contributed by atoms with E-state index in [4.69, 9.17) is 4.98 Å². The normalized spacial score (nSPS) is 13.8. The van der Waals surface area contributed by atoms with E-state index in [1.165, 1.54) is 74.7 Å². The molecular weight excluding hydrogens is 290 g/mol. The topological polar surface area (TPSA) is 12.9 Å². The van der Waals surface area contributed by atoms with Gasteiger partial charge in [-0.2, -0.15) is 0 Å². The quantitative estimate of drug-likeness (QED) is 0.582. The summed E-state index contributed by atoms with van der Waals surface area (Å²) in [6.07, 6.45) is 12.5. The number of aryl methyl sites for hydroxylation is 1. The molecule has 0 unspecified atom stereocenters. The predicted octanol–water partition coefficient (Wildman–Crippen LogP) is 6.31. The molecule has 0 N–H and O–H groups in total. The van der Waals surface area contributed by atoms with Gasteiger partial charge in [-0.3, -0.25) is 4.98 Å². The molecule has 1 aliphatic carbocycles. The Labute approximate surface area is 147 Å². The molecule has 0 saturated heterocycles. The van der Waals surface area contributed by atoms with Crippen molar-refractivity contribution in [2.45, 2.75) is 78.1 Å². The van der Waals surface area contributed by atoms with Crippen LogP contribution in [0, 0.1) is 0 Å². The van der Waals surface area contributed by atoms with E-state index in [0.29, 0.717) is 0 Å². The molecule has 0 fully saturated rings. The van der Waals surface area contributed by atoms with Crippen molar-refractivity contribution >= 4 is 0 Å². The molecule has 0 spiro atoms. The first-order valence-corrected chi connectivity index (χ1v) is 9.94. The highest BCUT2D eigenvalue weighted by atomic mass is 14.7. The summed E-state index contributed by atoms with van der Waals surface area (Å²) < 4.78 is 0. The third-order valence-electron chi connectivity index (χ3n) is 5.31. The maximum absolute atomic E-state index is 5.25. The summed E-state index contributed by atoms with van der Waals surface area (Å²) in [5, 5.41) is 0. The highest BCUT2D eigenvalue weighted by Gasteiger charge is 2.22. The summed E-state index contributed by atoms with van der Waals surface area (Å²) >= 11 is 0. The van der Waals surface area contributed by atoms with Crippen LogP contribution in [0.2, 0.25) is 0 Å². The van der Waals surface area contributed by atoms with Crippen molar-refractivity contribution in [1.82, 2.24) is 4.98 Å². The van der Waals surface area contributed by atoms with Gasteiger partial charge in [-0.25, -0.2) is 0 Å². The fourth-order valence-electron chi connectivity index (χ4n) is 3.98. The molecule has 1 aliphatic rings. The van der Waals surface area contributed by atoms with Crippen LogP contribution in [0.3, 0.4) is 0 Å². The fraction of sp³-hybridized carbons (Fsp3) is 0.522. The lowest BCUT2D eigenvalue weighted by molar-refractivity contribution is 0.651. The molecule has 3 rings (SSSR count). The minimum Gasteiger partial charge on any atom is -0.252 e. The van der Waals surface area contributed by atoms with Gasteiger partial charge in [0.1, 0.15) is 0 Å². The van der Waals surface area contributed by atoms with Crippen LogP contribution in [0.25, 0.3) is 11.3 Å². The number of unbranched alkanes of at least 4 members (excludes halogenated alkanes) is 2. The van der Waals surface area contributed by atoms with Gasteiger partial charge in [-0.05, 0) is 68.1 Å². The van der Waals surface area contributed by atoms with Gasteiger partial charge in [-0.1, -0.05) is 57.0 Å². The molecule has 2 aromatic rings. The molecule has 128 valence electrons. The van der Waals surface area contributed by atoms with E-state index >= 15 is 0 Å². The number of rotatable bonds is 7. The van der Waals surface area contributed by atoms with Crippen LogP contribution < -0.4 is 0 Å². The van der Waals surface area contributed by atoms with Crippen molar-refractivity contribution in [2.75, 3.05) is 0 Å². The van der Waals surface area contributed by atoms with Crippen LogP contribution in [0.5, 0.6) is 0 Å². The van der Waals surface area contributed by atoms with Crippen molar-refractivity contribution in [2.24, 2.45) is 0 Å². The smallest absolute Gasteiger partial charge is 0.0740 e. The van der Waals surface area contributed by atoms with Gasteiger partial charge < -0.3 is 0 Å².